The van der Waals surface area contributed by atoms with E-state index < -0.39 is 4.92 Å². The molecule has 1 aromatic carbocycles. The molecule has 1 fully saturated rings. The zero-order valence-corrected chi connectivity index (χ0v) is 15.1. The van der Waals surface area contributed by atoms with Gasteiger partial charge in [0.1, 0.15) is 0 Å². The van der Waals surface area contributed by atoms with Crippen molar-refractivity contribution in [1.82, 2.24) is 10.2 Å². The van der Waals surface area contributed by atoms with Crippen LogP contribution in [0.2, 0.25) is 0 Å². The molecule has 0 radical (unpaired) electrons. The number of hydrogen-bond donors (Lipinski definition) is 1. The second kappa shape index (κ2) is 7.89. The van der Waals surface area contributed by atoms with E-state index in [1.54, 1.807) is 12.1 Å². The average Bonchev–Trinajstić information content (AvgIpc) is 3.24. The normalized spacial score (nSPS) is 16.8. The molecule has 1 saturated heterocycles. The van der Waals surface area contributed by atoms with E-state index in [0.717, 1.165) is 31.2 Å². The molecule has 0 spiro atoms. The van der Waals surface area contributed by atoms with Crippen molar-refractivity contribution in [2.45, 2.75) is 35.1 Å². The van der Waals surface area contributed by atoms with Crippen LogP contribution in [0.15, 0.2) is 27.4 Å². The zero-order valence-electron chi connectivity index (χ0n) is 13.4. The number of carbonyl (C=O) groups excluding carboxylic acids is 1. The number of nitro benzene ring substituents is 1. The number of nitrogens with one attached hydrogen (secondary N) is 1. The maximum absolute atomic E-state index is 11.4. The molecule has 0 saturated carbocycles. The fraction of sp³-hybridized carbons (Fsp3) is 0.400. The topological polar surface area (TPSA) is 107 Å². The standard InChI is InChI=1S/C15H16N4O4S2/c1-9(20)10-4-5-13(12(7-10)19(21)22)24-15-18-17-14(25-15)16-8-11-3-2-6-23-11/h4-5,7,11H,2-3,6,8H2,1H3,(H,16,17). The predicted molar refractivity (Wildman–Crippen MR) is 94.6 cm³/mol. The van der Waals surface area contributed by atoms with E-state index in [9.17, 15) is 14.9 Å². The summed E-state index contributed by atoms with van der Waals surface area (Å²) in [7, 11) is 0. The fourth-order valence-corrected chi connectivity index (χ4v) is 4.19. The summed E-state index contributed by atoms with van der Waals surface area (Å²) in [5, 5.41) is 23.2. The van der Waals surface area contributed by atoms with Crippen molar-refractivity contribution in [3.8, 4) is 0 Å². The van der Waals surface area contributed by atoms with Gasteiger partial charge in [-0.25, -0.2) is 0 Å². The lowest BCUT2D eigenvalue weighted by Crippen LogP contribution is -2.18. The summed E-state index contributed by atoms with van der Waals surface area (Å²) in [5.74, 6) is -0.212. The SMILES string of the molecule is CC(=O)c1ccc(Sc2nnc(NCC3CCCO3)s2)c([N+](=O)[O-])c1. The highest BCUT2D eigenvalue weighted by atomic mass is 32.2. The Balaban J connectivity index is 1.69. The Morgan fingerprint density at radius 3 is 3.04 bits per heavy atom. The van der Waals surface area contributed by atoms with Crippen molar-refractivity contribution >= 4 is 39.7 Å². The lowest BCUT2D eigenvalue weighted by atomic mass is 10.1. The summed E-state index contributed by atoms with van der Waals surface area (Å²) >= 11 is 2.49. The van der Waals surface area contributed by atoms with Crippen LogP contribution in [0, 0.1) is 10.1 Å². The Labute approximate surface area is 152 Å². The number of benzene rings is 1. The van der Waals surface area contributed by atoms with Crippen LogP contribution < -0.4 is 5.32 Å². The average molecular weight is 380 g/mol. The Morgan fingerprint density at radius 1 is 1.52 bits per heavy atom. The first-order chi connectivity index (χ1) is 12.0. The Bertz CT molecular complexity index is 790. The molecule has 2 aromatic rings. The predicted octanol–water partition coefficient (Wildman–Crippen LogP) is 3.39. The van der Waals surface area contributed by atoms with Crippen molar-refractivity contribution in [3.63, 3.8) is 0 Å². The number of Topliss-reactive ketones (excluding diaryl/α,β-unsaturated/α-hetero) is 1. The highest BCUT2D eigenvalue weighted by Crippen LogP contribution is 2.37. The van der Waals surface area contributed by atoms with E-state index in [-0.39, 0.29) is 17.6 Å². The van der Waals surface area contributed by atoms with E-state index in [4.69, 9.17) is 4.74 Å². The first-order valence-electron chi connectivity index (χ1n) is 7.69. The molecule has 0 amide bonds. The first kappa shape index (κ1) is 17.8. The van der Waals surface area contributed by atoms with Crippen LogP contribution in [0.5, 0.6) is 0 Å². The maximum Gasteiger partial charge on any atom is 0.284 e. The van der Waals surface area contributed by atoms with Gasteiger partial charge in [0.05, 0.1) is 15.9 Å². The number of rotatable bonds is 7. The summed E-state index contributed by atoms with van der Waals surface area (Å²) in [6.45, 7) is 2.85. The van der Waals surface area contributed by atoms with Gasteiger partial charge in [0.2, 0.25) is 5.13 Å². The number of nitrogens with zero attached hydrogens (tertiary/aromatic N) is 3. The molecular formula is C15H16N4O4S2. The molecule has 1 N–H and O–H groups in total. The lowest BCUT2D eigenvalue weighted by molar-refractivity contribution is -0.387. The number of hydrogen-bond acceptors (Lipinski definition) is 9. The van der Waals surface area contributed by atoms with Crippen LogP contribution in [0.1, 0.15) is 30.1 Å². The lowest BCUT2D eigenvalue weighted by Gasteiger charge is -2.08. The van der Waals surface area contributed by atoms with E-state index in [1.165, 1.54) is 24.3 Å². The van der Waals surface area contributed by atoms with Crippen molar-refractivity contribution in [2.75, 3.05) is 18.5 Å². The number of anilines is 1. The largest absolute Gasteiger partial charge is 0.376 e. The Hall–Kier alpha value is -2.04. The molecule has 1 aliphatic heterocycles. The van der Waals surface area contributed by atoms with Gasteiger partial charge in [-0.15, -0.1) is 10.2 Å². The molecule has 3 rings (SSSR count). The van der Waals surface area contributed by atoms with Gasteiger partial charge in [-0.1, -0.05) is 11.3 Å². The quantitative estimate of drug-likeness (QED) is 0.442. The minimum absolute atomic E-state index is 0.109. The second-order valence-electron chi connectivity index (χ2n) is 5.49. The summed E-state index contributed by atoms with van der Waals surface area (Å²) in [6.07, 6.45) is 2.30. The monoisotopic (exact) mass is 380 g/mol. The van der Waals surface area contributed by atoms with Gasteiger partial charge in [0.15, 0.2) is 10.1 Å². The Morgan fingerprint density at radius 2 is 2.36 bits per heavy atom. The molecule has 0 aliphatic carbocycles. The zero-order chi connectivity index (χ0) is 17.8. The van der Waals surface area contributed by atoms with Crippen LogP contribution in [0.3, 0.4) is 0 Å². The summed E-state index contributed by atoms with van der Waals surface area (Å²) in [6, 6.07) is 4.44. The van der Waals surface area contributed by atoms with Crippen LogP contribution >= 0.6 is 23.1 Å². The minimum atomic E-state index is -0.494. The molecular weight excluding hydrogens is 364 g/mol. The van der Waals surface area contributed by atoms with Gasteiger partial charge in [-0.05, 0) is 43.7 Å². The molecule has 132 valence electrons. The van der Waals surface area contributed by atoms with Crippen molar-refractivity contribution in [2.24, 2.45) is 0 Å². The molecule has 1 aromatic heterocycles. The molecule has 1 unspecified atom stereocenters. The summed E-state index contributed by atoms with van der Waals surface area (Å²) in [5.41, 5.74) is 0.203. The number of ether oxygens (including phenoxy) is 1. The first-order valence-corrected chi connectivity index (χ1v) is 9.32. The molecule has 2 heterocycles. The van der Waals surface area contributed by atoms with E-state index >= 15 is 0 Å². The van der Waals surface area contributed by atoms with E-state index in [0.29, 0.717) is 26.5 Å². The number of ketones is 1. The van der Waals surface area contributed by atoms with Crippen LogP contribution in [-0.4, -0.2) is 40.2 Å². The molecule has 25 heavy (non-hydrogen) atoms. The Kier molecular flexibility index (Phi) is 5.61. The molecule has 10 heteroatoms. The molecule has 8 nitrogen and oxygen atoms in total. The number of nitro groups is 1. The van der Waals surface area contributed by atoms with Gasteiger partial charge >= 0.3 is 0 Å². The van der Waals surface area contributed by atoms with Crippen LogP contribution in [0.25, 0.3) is 0 Å². The minimum Gasteiger partial charge on any atom is -0.376 e. The third kappa shape index (κ3) is 4.53. The van der Waals surface area contributed by atoms with Crippen molar-refractivity contribution in [3.05, 3.63) is 33.9 Å². The smallest absolute Gasteiger partial charge is 0.284 e. The van der Waals surface area contributed by atoms with Crippen molar-refractivity contribution < 1.29 is 14.5 Å². The third-order valence-corrected chi connectivity index (χ3v) is 5.67. The highest BCUT2D eigenvalue weighted by molar-refractivity contribution is 8.01. The van der Waals surface area contributed by atoms with Crippen LogP contribution in [0.4, 0.5) is 10.8 Å². The number of aromatic nitrogens is 2. The van der Waals surface area contributed by atoms with Gasteiger partial charge < -0.3 is 10.1 Å². The van der Waals surface area contributed by atoms with Gasteiger partial charge in [-0.3, -0.25) is 14.9 Å². The van der Waals surface area contributed by atoms with Crippen molar-refractivity contribution in [1.29, 1.82) is 0 Å². The van der Waals surface area contributed by atoms with Gasteiger partial charge in [0.25, 0.3) is 5.69 Å². The number of carbonyl (C=O) groups is 1. The van der Waals surface area contributed by atoms with E-state index in [2.05, 4.69) is 15.5 Å². The van der Waals surface area contributed by atoms with Gasteiger partial charge in [-0.2, -0.15) is 0 Å². The van der Waals surface area contributed by atoms with Crippen LogP contribution in [-0.2, 0) is 4.74 Å². The molecule has 1 atom stereocenters. The molecule has 1 aliphatic rings. The van der Waals surface area contributed by atoms with Gasteiger partial charge in [0, 0.05) is 24.8 Å². The molecule has 0 bridgehead atoms. The fourth-order valence-electron chi connectivity index (χ4n) is 2.39. The third-order valence-electron chi connectivity index (χ3n) is 3.67. The van der Waals surface area contributed by atoms with E-state index in [1.807, 2.05) is 0 Å². The second-order valence-corrected chi connectivity index (χ2v) is 7.75. The summed E-state index contributed by atoms with van der Waals surface area (Å²) in [4.78, 5) is 22.6. The summed E-state index contributed by atoms with van der Waals surface area (Å²) < 4.78 is 6.13. The highest BCUT2D eigenvalue weighted by Gasteiger charge is 2.20. The maximum atomic E-state index is 11.4.